The van der Waals surface area contributed by atoms with Gasteiger partial charge in [0, 0.05) is 52.2 Å². The van der Waals surface area contributed by atoms with E-state index in [2.05, 4.69) is 10.3 Å². The maximum absolute atomic E-state index is 12.7. The van der Waals surface area contributed by atoms with Gasteiger partial charge in [0.2, 0.25) is 0 Å². The Hall–Kier alpha value is -0.960. The Morgan fingerprint density at radius 1 is 1.50 bits per heavy atom. The Kier molecular flexibility index (Phi) is 4.48. The third-order valence-electron chi connectivity index (χ3n) is 3.74. The largest absolute Gasteiger partial charge is 0.337 e. The van der Waals surface area contributed by atoms with Gasteiger partial charge in [-0.05, 0) is 13.8 Å². The molecule has 0 spiro atoms. The van der Waals surface area contributed by atoms with Crippen LogP contribution in [-0.4, -0.2) is 59.3 Å². The average molecular weight is 301 g/mol. The molecule has 0 bridgehead atoms. The summed E-state index contributed by atoms with van der Waals surface area (Å²) in [4.78, 5) is 4.31. The summed E-state index contributed by atoms with van der Waals surface area (Å²) in [6.07, 6.45) is 3.53. The normalized spacial score (nSPS) is 21.8. The monoisotopic (exact) mass is 301 g/mol. The van der Waals surface area contributed by atoms with Gasteiger partial charge in [-0.15, -0.1) is 0 Å². The number of nitrogens with zero attached hydrogens (tertiary/aromatic N) is 4. The van der Waals surface area contributed by atoms with Crippen molar-refractivity contribution in [3.05, 3.63) is 18.2 Å². The van der Waals surface area contributed by atoms with Gasteiger partial charge in [-0.2, -0.15) is 17.0 Å². The Balaban J connectivity index is 2.35. The molecule has 0 aromatic carbocycles. The molecular formula is C12H23N5O2S. The molecule has 1 atom stereocenters. The summed E-state index contributed by atoms with van der Waals surface area (Å²) in [5.74, 6) is 0.762. The third kappa shape index (κ3) is 2.73. The Morgan fingerprint density at radius 2 is 2.20 bits per heavy atom. The Morgan fingerprint density at radius 3 is 2.75 bits per heavy atom. The predicted octanol–water partition coefficient (Wildman–Crippen LogP) is -0.0486. The van der Waals surface area contributed by atoms with Crippen LogP contribution in [0.3, 0.4) is 0 Å². The number of rotatable bonds is 4. The van der Waals surface area contributed by atoms with Crippen LogP contribution in [0.1, 0.15) is 25.7 Å². The van der Waals surface area contributed by atoms with E-state index in [1.54, 1.807) is 17.5 Å². The van der Waals surface area contributed by atoms with E-state index in [-0.39, 0.29) is 12.1 Å². The van der Waals surface area contributed by atoms with Gasteiger partial charge in [0.1, 0.15) is 5.82 Å². The smallest absolute Gasteiger partial charge is 0.282 e. The van der Waals surface area contributed by atoms with E-state index in [0.717, 1.165) is 5.82 Å². The molecule has 2 rings (SSSR count). The SMILES string of the molecule is CC(C)N(C)S(=O)(=O)N1CCNCC1c1nccn1C. The fourth-order valence-corrected chi connectivity index (χ4v) is 3.99. The van der Waals surface area contributed by atoms with E-state index in [1.165, 1.54) is 4.31 Å². The van der Waals surface area contributed by atoms with Crippen LogP contribution >= 0.6 is 0 Å². The predicted molar refractivity (Wildman–Crippen MR) is 77.3 cm³/mol. The van der Waals surface area contributed by atoms with Crippen LogP contribution in [-0.2, 0) is 17.3 Å². The molecule has 0 amide bonds. The minimum Gasteiger partial charge on any atom is -0.337 e. The first-order valence-corrected chi connectivity index (χ1v) is 8.18. The van der Waals surface area contributed by atoms with E-state index < -0.39 is 10.2 Å². The van der Waals surface area contributed by atoms with Crippen LogP contribution in [0.4, 0.5) is 0 Å². The molecule has 0 saturated carbocycles. The van der Waals surface area contributed by atoms with E-state index in [1.807, 2.05) is 31.7 Å². The van der Waals surface area contributed by atoms with E-state index in [4.69, 9.17) is 0 Å². The molecule has 1 fully saturated rings. The molecule has 20 heavy (non-hydrogen) atoms. The number of imidazole rings is 1. The maximum Gasteiger partial charge on any atom is 0.282 e. The van der Waals surface area contributed by atoms with E-state index in [0.29, 0.717) is 19.6 Å². The fourth-order valence-electron chi connectivity index (χ4n) is 2.31. The van der Waals surface area contributed by atoms with Gasteiger partial charge in [-0.3, -0.25) is 0 Å². The van der Waals surface area contributed by atoms with Crippen LogP contribution in [0.25, 0.3) is 0 Å². The van der Waals surface area contributed by atoms with Crippen LogP contribution in [0.2, 0.25) is 0 Å². The summed E-state index contributed by atoms with van der Waals surface area (Å²) in [7, 11) is 0.0254. The standard InChI is InChI=1S/C12H23N5O2S/c1-10(2)16(4)20(18,19)17-8-5-13-9-11(17)12-14-6-7-15(12)3/h6-7,10-11,13H,5,8-9H2,1-4H3. The first-order chi connectivity index (χ1) is 9.35. The maximum atomic E-state index is 12.7. The zero-order valence-corrected chi connectivity index (χ0v) is 13.3. The molecule has 0 aliphatic carbocycles. The summed E-state index contributed by atoms with van der Waals surface area (Å²) < 4.78 is 30.3. The second-order valence-corrected chi connectivity index (χ2v) is 7.29. The molecular weight excluding hydrogens is 278 g/mol. The molecule has 1 aliphatic rings. The quantitative estimate of drug-likeness (QED) is 0.846. The zero-order valence-electron chi connectivity index (χ0n) is 12.4. The van der Waals surface area contributed by atoms with Crippen molar-refractivity contribution >= 4 is 10.2 Å². The highest BCUT2D eigenvalue weighted by atomic mass is 32.2. The highest BCUT2D eigenvalue weighted by molar-refractivity contribution is 7.86. The molecule has 1 N–H and O–H groups in total. The lowest BCUT2D eigenvalue weighted by molar-refractivity contribution is 0.235. The zero-order chi connectivity index (χ0) is 14.9. The van der Waals surface area contributed by atoms with Gasteiger partial charge in [0.25, 0.3) is 10.2 Å². The van der Waals surface area contributed by atoms with Crippen LogP contribution < -0.4 is 5.32 Å². The highest BCUT2D eigenvalue weighted by Gasteiger charge is 2.38. The minimum atomic E-state index is -3.48. The lowest BCUT2D eigenvalue weighted by Gasteiger charge is -2.37. The molecule has 1 aliphatic heterocycles. The molecule has 1 aromatic rings. The topological polar surface area (TPSA) is 70.5 Å². The van der Waals surface area contributed by atoms with Crippen molar-refractivity contribution in [2.45, 2.75) is 25.9 Å². The van der Waals surface area contributed by atoms with Crippen molar-refractivity contribution in [2.75, 3.05) is 26.7 Å². The van der Waals surface area contributed by atoms with Crippen molar-refractivity contribution in [1.29, 1.82) is 0 Å². The summed E-state index contributed by atoms with van der Waals surface area (Å²) in [6.45, 7) is 5.43. The second-order valence-electron chi connectivity index (χ2n) is 5.34. The summed E-state index contributed by atoms with van der Waals surface area (Å²) >= 11 is 0. The number of hydrogen-bond donors (Lipinski definition) is 1. The number of aryl methyl sites for hydroxylation is 1. The van der Waals surface area contributed by atoms with Gasteiger partial charge in [0.05, 0.1) is 6.04 Å². The molecule has 8 heteroatoms. The fraction of sp³-hybridized carbons (Fsp3) is 0.750. The van der Waals surface area contributed by atoms with Crippen LogP contribution in [0, 0.1) is 0 Å². The van der Waals surface area contributed by atoms with Crippen molar-refractivity contribution in [3.63, 3.8) is 0 Å². The lowest BCUT2D eigenvalue weighted by Crippen LogP contribution is -2.54. The van der Waals surface area contributed by atoms with Crippen LogP contribution in [0.5, 0.6) is 0 Å². The number of nitrogens with one attached hydrogen (secondary N) is 1. The second kappa shape index (κ2) is 5.80. The molecule has 1 saturated heterocycles. The van der Waals surface area contributed by atoms with Crippen LogP contribution in [0.15, 0.2) is 12.4 Å². The Labute approximate surface area is 120 Å². The highest BCUT2D eigenvalue weighted by Crippen LogP contribution is 2.25. The lowest BCUT2D eigenvalue weighted by atomic mass is 10.2. The van der Waals surface area contributed by atoms with Crippen molar-refractivity contribution in [3.8, 4) is 0 Å². The summed E-state index contributed by atoms with van der Waals surface area (Å²) in [5.41, 5.74) is 0. The first-order valence-electron chi connectivity index (χ1n) is 6.78. The molecule has 1 aromatic heterocycles. The van der Waals surface area contributed by atoms with E-state index in [9.17, 15) is 8.42 Å². The number of aromatic nitrogens is 2. The van der Waals surface area contributed by atoms with Gasteiger partial charge in [-0.25, -0.2) is 4.98 Å². The van der Waals surface area contributed by atoms with E-state index >= 15 is 0 Å². The molecule has 2 heterocycles. The molecule has 114 valence electrons. The minimum absolute atomic E-state index is 0.0723. The molecule has 0 radical (unpaired) electrons. The average Bonchev–Trinajstić information content (AvgIpc) is 2.83. The van der Waals surface area contributed by atoms with Gasteiger partial charge >= 0.3 is 0 Å². The van der Waals surface area contributed by atoms with Gasteiger partial charge in [-0.1, -0.05) is 0 Å². The molecule has 7 nitrogen and oxygen atoms in total. The Bertz CT molecular complexity index is 554. The first kappa shape index (κ1) is 15.4. The summed E-state index contributed by atoms with van der Waals surface area (Å²) in [5, 5.41) is 3.24. The van der Waals surface area contributed by atoms with Crippen molar-refractivity contribution in [2.24, 2.45) is 7.05 Å². The molecule has 1 unspecified atom stereocenters. The number of hydrogen-bond acceptors (Lipinski definition) is 4. The number of piperazine rings is 1. The van der Waals surface area contributed by atoms with Crippen molar-refractivity contribution < 1.29 is 8.42 Å². The summed E-state index contributed by atoms with van der Waals surface area (Å²) in [6, 6.07) is -0.341. The third-order valence-corrected chi connectivity index (χ3v) is 5.92. The van der Waals surface area contributed by atoms with Gasteiger partial charge in [0.15, 0.2) is 0 Å². The van der Waals surface area contributed by atoms with Gasteiger partial charge < -0.3 is 9.88 Å². The van der Waals surface area contributed by atoms with Crippen molar-refractivity contribution in [1.82, 2.24) is 23.5 Å².